The van der Waals surface area contributed by atoms with Gasteiger partial charge in [0.05, 0.1) is 23.1 Å². The maximum absolute atomic E-state index is 13.2. The van der Waals surface area contributed by atoms with Crippen LogP contribution in [0.1, 0.15) is 37.3 Å². The number of nitrogens with zero attached hydrogens (tertiary/aromatic N) is 2. The number of fused-ring (bicyclic) bond motifs is 1. The number of carbonyl (C=O) groups excluding carboxylic acids is 1. The molecule has 0 spiro atoms. The smallest absolute Gasteiger partial charge is 0.278 e. The summed E-state index contributed by atoms with van der Waals surface area (Å²) in [6, 6.07) is 1.99. The monoisotopic (exact) mass is 409 g/mol. The van der Waals surface area contributed by atoms with Gasteiger partial charge in [-0.3, -0.25) is 19.8 Å². The number of amides is 1. The van der Waals surface area contributed by atoms with Crippen LogP contribution in [0.25, 0.3) is 0 Å². The lowest BCUT2D eigenvalue weighted by Gasteiger charge is -2.30. The molecule has 0 bridgehead atoms. The molecule has 1 amide bonds. The molecule has 1 aromatic carbocycles. The van der Waals surface area contributed by atoms with Gasteiger partial charge >= 0.3 is 0 Å². The average Bonchev–Trinajstić information content (AvgIpc) is 3.36. The fourth-order valence-corrected chi connectivity index (χ4v) is 3.84. The zero-order chi connectivity index (χ0) is 21.0. The van der Waals surface area contributed by atoms with Crippen molar-refractivity contribution in [2.75, 3.05) is 34.6 Å². The van der Waals surface area contributed by atoms with Crippen molar-refractivity contribution in [1.82, 2.24) is 10.2 Å². The molecule has 1 fully saturated rings. The fourth-order valence-electron chi connectivity index (χ4n) is 3.84. The summed E-state index contributed by atoms with van der Waals surface area (Å²) in [5, 5.41) is 14.8. The summed E-state index contributed by atoms with van der Waals surface area (Å²) in [7, 11) is 4.70. The molecule has 10 nitrogen and oxygen atoms in total. The highest BCUT2D eigenvalue weighted by Crippen LogP contribution is 2.41. The molecule has 3 rings (SSSR count). The highest BCUT2D eigenvalue weighted by Gasteiger charge is 2.36. The van der Waals surface area contributed by atoms with Gasteiger partial charge in [0.15, 0.2) is 17.8 Å². The van der Waals surface area contributed by atoms with Crippen molar-refractivity contribution in [3.8, 4) is 11.5 Å². The van der Waals surface area contributed by atoms with Crippen molar-refractivity contribution in [2.45, 2.75) is 44.1 Å². The Bertz CT molecular complexity index is 748. The molecule has 29 heavy (non-hydrogen) atoms. The zero-order valence-electron chi connectivity index (χ0n) is 16.9. The van der Waals surface area contributed by atoms with Crippen LogP contribution in [0, 0.1) is 10.1 Å². The van der Waals surface area contributed by atoms with Crippen LogP contribution in [0.15, 0.2) is 12.1 Å². The zero-order valence-corrected chi connectivity index (χ0v) is 16.9. The van der Waals surface area contributed by atoms with Crippen molar-refractivity contribution in [3.63, 3.8) is 0 Å². The Morgan fingerprint density at radius 2 is 1.90 bits per heavy atom. The minimum absolute atomic E-state index is 0.0137. The Kier molecular flexibility index (Phi) is 6.88. The van der Waals surface area contributed by atoms with Crippen LogP contribution >= 0.6 is 0 Å². The first kappa shape index (κ1) is 21.3. The number of likely N-dealkylation sites (N-methyl/N-ethyl adjacent to an activating group) is 1. The summed E-state index contributed by atoms with van der Waals surface area (Å²) in [5.74, 6) is 0.379. The van der Waals surface area contributed by atoms with E-state index in [0.29, 0.717) is 11.5 Å². The van der Waals surface area contributed by atoms with Crippen LogP contribution < -0.4 is 14.8 Å². The van der Waals surface area contributed by atoms with Gasteiger partial charge in [0.25, 0.3) is 5.69 Å². The summed E-state index contributed by atoms with van der Waals surface area (Å²) in [5.41, 5.74) is 0.0438. The molecule has 1 atom stereocenters. The summed E-state index contributed by atoms with van der Waals surface area (Å²) in [4.78, 5) is 26.2. The van der Waals surface area contributed by atoms with Crippen molar-refractivity contribution in [3.05, 3.63) is 27.8 Å². The number of benzene rings is 1. The van der Waals surface area contributed by atoms with E-state index >= 15 is 0 Å². The van der Waals surface area contributed by atoms with E-state index in [9.17, 15) is 14.9 Å². The molecule has 1 heterocycles. The number of nitrogens with one attached hydrogen (secondary N) is 1. The Morgan fingerprint density at radius 1 is 1.28 bits per heavy atom. The van der Waals surface area contributed by atoms with E-state index in [-0.39, 0.29) is 36.5 Å². The van der Waals surface area contributed by atoms with Gasteiger partial charge in [-0.1, -0.05) is 12.8 Å². The SMILES string of the molecule is COC(CN(C)C(C(=O)NC1CCCC1)c1cc2c(cc1[N+](=O)[O-])OCO2)OC. The Balaban J connectivity index is 1.97. The Hall–Kier alpha value is -2.43. The van der Waals surface area contributed by atoms with Gasteiger partial charge in [-0.05, 0) is 26.0 Å². The maximum atomic E-state index is 13.2. The molecule has 1 aromatic rings. The lowest BCUT2D eigenvalue weighted by molar-refractivity contribution is -0.386. The molecule has 0 radical (unpaired) electrons. The second-order valence-electron chi connectivity index (χ2n) is 7.25. The molecule has 1 unspecified atom stereocenters. The van der Waals surface area contributed by atoms with E-state index < -0.39 is 17.3 Å². The van der Waals surface area contributed by atoms with Gasteiger partial charge in [0, 0.05) is 20.3 Å². The van der Waals surface area contributed by atoms with Crippen LogP contribution in [0.2, 0.25) is 0 Å². The molecule has 1 aliphatic heterocycles. The van der Waals surface area contributed by atoms with Crippen molar-refractivity contribution < 1.29 is 28.7 Å². The molecule has 1 N–H and O–H groups in total. The second-order valence-corrected chi connectivity index (χ2v) is 7.25. The van der Waals surface area contributed by atoms with E-state index in [1.165, 1.54) is 26.4 Å². The molecular weight excluding hydrogens is 382 g/mol. The number of hydrogen-bond donors (Lipinski definition) is 1. The molecule has 160 valence electrons. The lowest BCUT2D eigenvalue weighted by atomic mass is 10.0. The van der Waals surface area contributed by atoms with Gasteiger partial charge in [-0.25, -0.2) is 0 Å². The standard InChI is InChI=1S/C19H27N3O7/c1-21(10-17(26-2)27-3)18(19(23)20-12-6-4-5-7-12)13-8-15-16(29-11-28-15)9-14(13)22(24)25/h8-9,12,17-18H,4-7,10-11H2,1-3H3,(H,20,23). The lowest BCUT2D eigenvalue weighted by Crippen LogP contribution is -2.45. The molecular formula is C19H27N3O7. The van der Waals surface area contributed by atoms with Crippen molar-refractivity contribution in [1.29, 1.82) is 0 Å². The number of hydrogen-bond acceptors (Lipinski definition) is 8. The normalized spacial score (nSPS) is 17.1. The first-order valence-electron chi connectivity index (χ1n) is 9.58. The van der Waals surface area contributed by atoms with E-state index in [0.717, 1.165) is 25.7 Å². The number of nitro benzene ring substituents is 1. The average molecular weight is 409 g/mol. The van der Waals surface area contributed by atoms with Crippen molar-refractivity contribution in [2.24, 2.45) is 0 Å². The van der Waals surface area contributed by atoms with E-state index in [4.69, 9.17) is 18.9 Å². The summed E-state index contributed by atoms with van der Waals surface area (Å²) >= 11 is 0. The number of methoxy groups -OCH3 is 2. The van der Waals surface area contributed by atoms with Crippen LogP contribution in [0.5, 0.6) is 11.5 Å². The van der Waals surface area contributed by atoms with Gasteiger partial charge in [0.1, 0.15) is 6.04 Å². The first-order chi connectivity index (χ1) is 13.9. The number of ether oxygens (including phenoxy) is 4. The first-order valence-corrected chi connectivity index (χ1v) is 9.58. The van der Waals surface area contributed by atoms with E-state index in [1.54, 1.807) is 11.9 Å². The molecule has 10 heteroatoms. The van der Waals surface area contributed by atoms with Crippen molar-refractivity contribution >= 4 is 11.6 Å². The molecule has 0 aromatic heterocycles. The quantitative estimate of drug-likeness (QED) is 0.374. The van der Waals surface area contributed by atoms with E-state index in [2.05, 4.69) is 5.32 Å². The predicted molar refractivity (Wildman–Crippen MR) is 103 cm³/mol. The van der Waals surface area contributed by atoms with Crippen LogP contribution in [0.4, 0.5) is 5.69 Å². The second kappa shape index (κ2) is 9.38. The number of carbonyl (C=O) groups is 1. The summed E-state index contributed by atoms with van der Waals surface area (Å²) in [6.45, 7) is 0.224. The molecule has 0 saturated heterocycles. The summed E-state index contributed by atoms with van der Waals surface area (Å²) in [6.07, 6.45) is 3.35. The highest BCUT2D eigenvalue weighted by molar-refractivity contribution is 5.85. The Morgan fingerprint density at radius 3 is 2.48 bits per heavy atom. The number of rotatable bonds is 9. The van der Waals surface area contributed by atoms with Gasteiger partial charge in [0.2, 0.25) is 12.7 Å². The molecule has 2 aliphatic rings. The maximum Gasteiger partial charge on any atom is 0.278 e. The van der Waals surface area contributed by atoms with Crippen LogP contribution in [0.3, 0.4) is 0 Å². The van der Waals surface area contributed by atoms with Gasteiger partial charge < -0.3 is 24.3 Å². The van der Waals surface area contributed by atoms with Gasteiger partial charge in [-0.2, -0.15) is 0 Å². The molecule has 1 saturated carbocycles. The Labute approximate surface area is 169 Å². The van der Waals surface area contributed by atoms with Crippen LogP contribution in [-0.4, -0.2) is 62.7 Å². The third-order valence-electron chi connectivity index (χ3n) is 5.37. The highest BCUT2D eigenvalue weighted by atomic mass is 16.7. The predicted octanol–water partition coefficient (Wildman–Crippen LogP) is 1.97. The minimum Gasteiger partial charge on any atom is -0.454 e. The minimum atomic E-state index is -0.918. The number of nitro groups is 1. The largest absolute Gasteiger partial charge is 0.454 e. The van der Waals surface area contributed by atoms with E-state index in [1.807, 2.05) is 0 Å². The third kappa shape index (κ3) is 4.77. The molecule has 1 aliphatic carbocycles. The topological polar surface area (TPSA) is 112 Å². The summed E-state index contributed by atoms with van der Waals surface area (Å²) < 4.78 is 21.2. The third-order valence-corrected chi connectivity index (χ3v) is 5.37. The van der Waals surface area contributed by atoms with Crippen LogP contribution in [-0.2, 0) is 14.3 Å². The van der Waals surface area contributed by atoms with Gasteiger partial charge in [-0.15, -0.1) is 0 Å². The fraction of sp³-hybridized carbons (Fsp3) is 0.632.